The van der Waals surface area contributed by atoms with E-state index >= 15 is 0 Å². The maximum absolute atomic E-state index is 9.14. The lowest BCUT2D eigenvalue weighted by Crippen LogP contribution is -2.33. The number of hydrogen-bond acceptors (Lipinski definition) is 4. The first-order chi connectivity index (χ1) is 7.28. The smallest absolute Gasteiger partial charge is 0.129 e. The Morgan fingerprint density at radius 2 is 2.27 bits per heavy atom. The van der Waals surface area contributed by atoms with Crippen molar-refractivity contribution in [1.29, 1.82) is 0 Å². The zero-order chi connectivity index (χ0) is 10.7. The van der Waals surface area contributed by atoms with Crippen molar-refractivity contribution in [2.24, 2.45) is 5.92 Å². The van der Waals surface area contributed by atoms with E-state index in [1.807, 2.05) is 6.07 Å². The number of aliphatic hydroxyl groups is 1. The number of nitrogens with zero attached hydrogens (tertiary/aromatic N) is 2. The van der Waals surface area contributed by atoms with Crippen LogP contribution in [0.25, 0.3) is 0 Å². The molecule has 1 saturated carbocycles. The molecule has 1 aliphatic rings. The highest BCUT2D eigenvalue weighted by atomic mass is 16.3. The predicted octanol–water partition coefficient (Wildman–Crippen LogP) is 1.22. The number of aryl methyl sites for hydroxylation is 1. The topological polar surface area (TPSA) is 58.0 Å². The summed E-state index contributed by atoms with van der Waals surface area (Å²) in [4.78, 5) is 8.29. The van der Waals surface area contributed by atoms with E-state index in [1.165, 1.54) is 0 Å². The molecule has 15 heavy (non-hydrogen) atoms. The van der Waals surface area contributed by atoms with Crippen molar-refractivity contribution >= 4 is 5.82 Å². The Bertz CT molecular complexity index is 323. The Balaban J connectivity index is 1.82. The van der Waals surface area contributed by atoms with Crippen molar-refractivity contribution in [2.75, 3.05) is 11.9 Å². The highest BCUT2D eigenvalue weighted by Gasteiger charge is 2.26. The number of aliphatic hydroxyl groups excluding tert-OH is 1. The number of hydrogen-bond donors (Lipinski definition) is 2. The summed E-state index contributed by atoms with van der Waals surface area (Å²) in [6, 6.07) is 1.98. The highest BCUT2D eigenvalue weighted by molar-refractivity contribution is 5.34. The molecule has 1 aromatic heterocycles. The second-order valence-corrected chi connectivity index (χ2v) is 4.12. The number of aromatic nitrogens is 2. The fraction of sp³-hybridized carbons (Fsp3) is 0.636. The summed E-state index contributed by atoms with van der Waals surface area (Å²) in [5.74, 6) is 1.49. The second kappa shape index (κ2) is 4.57. The van der Waals surface area contributed by atoms with Crippen LogP contribution in [-0.4, -0.2) is 27.7 Å². The predicted molar refractivity (Wildman–Crippen MR) is 58.6 cm³/mol. The van der Waals surface area contributed by atoms with Crippen LogP contribution in [0.3, 0.4) is 0 Å². The normalized spacial score (nSPS) is 24.7. The van der Waals surface area contributed by atoms with E-state index in [2.05, 4.69) is 22.2 Å². The standard InChI is InChI=1S/C11H17N3O/c1-2-9-5-11(14-7-13-9)12-6-8-3-10(15)4-8/h5,7-8,10,15H,2-4,6H2,1H3,(H,12,13,14). The first-order valence-corrected chi connectivity index (χ1v) is 5.50. The zero-order valence-electron chi connectivity index (χ0n) is 8.98. The van der Waals surface area contributed by atoms with Gasteiger partial charge >= 0.3 is 0 Å². The maximum Gasteiger partial charge on any atom is 0.129 e. The molecule has 4 heteroatoms. The first-order valence-electron chi connectivity index (χ1n) is 5.50. The molecule has 0 bridgehead atoms. The fourth-order valence-corrected chi connectivity index (χ4v) is 1.80. The van der Waals surface area contributed by atoms with Gasteiger partial charge in [-0.25, -0.2) is 9.97 Å². The fourth-order valence-electron chi connectivity index (χ4n) is 1.80. The van der Waals surface area contributed by atoms with Gasteiger partial charge in [-0.1, -0.05) is 6.92 Å². The van der Waals surface area contributed by atoms with E-state index in [0.29, 0.717) is 5.92 Å². The minimum Gasteiger partial charge on any atom is -0.393 e. The number of rotatable bonds is 4. The summed E-state index contributed by atoms with van der Waals surface area (Å²) in [7, 11) is 0. The summed E-state index contributed by atoms with van der Waals surface area (Å²) in [6.45, 7) is 2.98. The lowest BCUT2D eigenvalue weighted by molar-refractivity contribution is 0.0486. The molecule has 0 unspecified atom stereocenters. The molecule has 0 saturated heterocycles. The van der Waals surface area contributed by atoms with Crippen molar-refractivity contribution in [2.45, 2.75) is 32.3 Å². The van der Waals surface area contributed by atoms with Gasteiger partial charge in [0.15, 0.2) is 0 Å². The van der Waals surface area contributed by atoms with Crippen LogP contribution in [0.2, 0.25) is 0 Å². The Labute approximate surface area is 89.8 Å². The lowest BCUT2D eigenvalue weighted by atomic mass is 9.82. The average molecular weight is 207 g/mol. The van der Waals surface area contributed by atoms with Crippen molar-refractivity contribution in [3.05, 3.63) is 18.1 Å². The molecule has 1 fully saturated rings. The molecule has 2 N–H and O–H groups in total. The quantitative estimate of drug-likeness (QED) is 0.779. The molecule has 0 atom stereocenters. The lowest BCUT2D eigenvalue weighted by Gasteiger charge is -2.31. The van der Waals surface area contributed by atoms with Crippen LogP contribution < -0.4 is 5.32 Å². The van der Waals surface area contributed by atoms with E-state index in [1.54, 1.807) is 6.33 Å². The summed E-state index contributed by atoms with van der Waals surface area (Å²) >= 11 is 0. The van der Waals surface area contributed by atoms with Gasteiger partial charge in [-0.05, 0) is 25.2 Å². The van der Waals surface area contributed by atoms with Crippen LogP contribution in [0.15, 0.2) is 12.4 Å². The number of nitrogens with one attached hydrogen (secondary N) is 1. The van der Waals surface area contributed by atoms with E-state index in [4.69, 9.17) is 5.11 Å². The summed E-state index contributed by atoms with van der Waals surface area (Å²) in [6.07, 6.45) is 4.28. The van der Waals surface area contributed by atoms with Gasteiger partial charge in [0.2, 0.25) is 0 Å². The molecule has 0 amide bonds. The molecule has 0 spiro atoms. The average Bonchev–Trinajstić information content (AvgIpc) is 2.23. The van der Waals surface area contributed by atoms with E-state index < -0.39 is 0 Å². The Morgan fingerprint density at radius 1 is 1.47 bits per heavy atom. The number of anilines is 1. The molecule has 1 aromatic rings. The van der Waals surface area contributed by atoms with Gasteiger partial charge in [-0.3, -0.25) is 0 Å². The molecular weight excluding hydrogens is 190 g/mol. The minimum atomic E-state index is -0.0756. The Morgan fingerprint density at radius 3 is 2.93 bits per heavy atom. The summed E-state index contributed by atoms with van der Waals surface area (Å²) in [5, 5.41) is 12.4. The van der Waals surface area contributed by atoms with Gasteiger partial charge in [0.25, 0.3) is 0 Å². The van der Waals surface area contributed by atoms with Gasteiger partial charge in [0.1, 0.15) is 12.1 Å². The minimum absolute atomic E-state index is 0.0756. The van der Waals surface area contributed by atoms with Crippen LogP contribution >= 0.6 is 0 Å². The molecule has 2 rings (SSSR count). The molecule has 0 aliphatic heterocycles. The molecule has 1 aliphatic carbocycles. The monoisotopic (exact) mass is 207 g/mol. The van der Waals surface area contributed by atoms with Crippen LogP contribution in [-0.2, 0) is 6.42 Å². The van der Waals surface area contributed by atoms with Crippen molar-refractivity contribution < 1.29 is 5.11 Å². The third-order valence-electron chi connectivity index (χ3n) is 2.87. The molecular formula is C11H17N3O. The second-order valence-electron chi connectivity index (χ2n) is 4.12. The van der Waals surface area contributed by atoms with E-state index in [0.717, 1.165) is 37.3 Å². The van der Waals surface area contributed by atoms with E-state index in [-0.39, 0.29) is 6.10 Å². The molecule has 4 nitrogen and oxygen atoms in total. The third kappa shape index (κ3) is 2.65. The Hall–Kier alpha value is -1.16. The summed E-state index contributed by atoms with van der Waals surface area (Å²) in [5.41, 5.74) is 1.06. The maximum atomic E-state index is 9.14. The SMILES string of the molecule is CCc1cc(NCC2CC(O)C2)ncn1. The van der Waals surface area contributed by atoms with Gasteiger partial charge in [-0.2, -0.15) is 0 Å². The largest absolute Gasteiger partial charge is 0.393 e. The molecule has 0 radical (unpaired) electrons. The zero-order valence-corrected chi connectivity index (χ0v) is 8.98. The van der Waals surface area contributed by atoms with Crippen LogP contribution in [0.4, 0.5) is 5.82 Å². The molecule has 82 valence electrons. The van der Waals surface area contributed by atoms with Crippen molar-refractivity contribution in [3.63, 3.8) is 0 Å². The van der Waals surface area contributed by atoms with Gasteiger partial charge < -0.3 is 10.4 Å². The molecule has 0 aromatic carbocycles. The third-order valence-corrected chi connectivity index (χ3v) is 2.87. The van der Waals surface area contributed by atoms with Gasteiger partial charge in [-0.15, -0.1) is 0 Å². The highest BCUT2D eigenvalue weighted by Crippen LogP contribution is 2.26. The summed E-state index contributed by atoms with van der Waals surface area (Å²) < 4.78 is 0. The van der Waals surface area contributed by atoms with Gasteiger partial charge in [0.05, 0.1) is 6.10 Å². The van der Waals surface area contributed by atoms with Crippen LogP contribution in [0, 0.1) is 5.92 Å². The van der Waals surface area contributed by atoms with Crippen molar-refractivity contribution in [1.82, 2.24) is 9.97 Å². The first kappa shape index (κ1) is 10.4. The Kier molecular flexibility index (Phi) is 3.16. The van der Waals surface area contributed by atoms with Crippen LogP contribution in [0.5, 0.6) is 0 Å². The van der Waals surface area contributed by atoms with Crippen LogP contribution in [0.1, 0.15) is 25.5 Å². The van der Waals surface area contributed by atoms with Gasteiger partial charge in [0, 0.05) is 18.3 Å². The molecule has 1 heterocycles. The van der Waals surface area contributed by atoms with E-state index in [9.17, 15) is 0 Å². The van der Waals surface area contributed by atoms with Crippen molar-refractivity contribution in [3.8, 4) is 0 Å².